The maximum Gasteiger partial charge on any atom is 0.416 e. The Balaban J connectivity index is 2.22. The average molecular weight is 297 g/mol. The third-order valence-electron chi connectivity index (χ3n) is 2.88. The maximum absolute atomic E-state index is 13.4. The van der Waals surface area contributed by atoms with Crippen LogP contribution in [0.25, 0.3) is 0 Å². The minimum Gasteiger partial charge on any atom is -0.322 e. The lowest BCUT2D eigenvalue weighted by molar-refractivity contribution is -0.137. The normalized spacial score (nSPS) is 11.3. The Morgan fingerprint density at radius 2 is 1.81 bits per heavy atom. The molecule has 0 radical (unpaired) electrons. The lowest BCUT2D eigenvalue weighted by atomic mass is 10.1. The molecular weight excluding hydrogens is 286 g/mol. The van der Waals surface area contributed by atoms with Crippen molar-refractivity contribution in [3.8, 4) is 0 Å². The van der Waals surface area contributed by atoms with Crippen LogP contribution in [0.1, 0.15) is 21.5 Å². The zero-order chi connectivity index (χ0) is 15.6. The molecule has 0 bridgehead atoms. The van der Waals surface area contributed by atoms with Crippen LogP contribution < -0.4 is 5.32 Å². The summed E-state index contributed by atoms with van der Waals surface area (Å²) in [7, 11) is 0. The number of halogens is 4. The molecule has 2 aromatic rings. The van der Waals surface area contributed by atoms with Crippen molar-refractivity contribution in [3.63, 3.8) is 0 Å². The van der Waals surface area contributed by atoms with Gasteiger partial charge in [0, 0.05) is 11.3 Å². The van der Waals surface area contributed by atoms with Crippen LogP contribution >= 0.6 is 0 Å². The second-order valence-electron chi connectivity index (χ2n) is 4.50. The fraction of sp³-hybridized carbons (Fsp3) is 0.133. The van der Waals surface area contributed by atoms with Crippen molar-refractivity contribution in [1.29, 1.82) is 0 Å². The molecule has 110 valence electrons. The molecule has 1 N–H and O–H groups in total. The van der Waals surface area contributed by atoms with Gasteiger partial charge in [0.15, 0.2) is 0 Å². The van der Waals surface area contributed by atoms with Gasteiger partial charge >= 0.3 is 6.18 Å². The van der Waals surface area contributed by atoms with Crippen molar-refractivity contribution < 1.29 is 22.4 Å². The molecule has 2 aromatic carbocycles. The van der Waals surface area contributed by atoms with E-state index in [1.807, 2.05) is 0 Å². The number of aryl methyl sites for hydroxylation is 1. The summed E-state index contributed by atoms with van der Waals surface area (Å²) in [4.78, 5) is 11.9. The predicted octanol–water partition coefficient (Wildman–Crippen LogP) is 4.41. The van der Waals surface area contributed by atoms with Crippen LogP contribution in [0.5, 0.6) is 0 Å². The number of hydrogen-bond acceptors (Lipinski definition) is 1. The molecular formula is C15H11F4NO. The highest BCUT2D eigenvalue weighted by Crippen LogP contribution is 2.29. The van der Waals surface area contributed by atoms with E-state index in [0.717, 1.165) is 24.3 Å². The minimum absolute atomic E-state index is 0.147. The lowest BCUT2D eigenvalue weighted by Gasteiger charge is -2.09. The molecule has 0 unspecified atom stereocenters. The monoisotopic (exact) mass is 297 g/mol. The fourth-order valence-electron chi connectivity index (χ4n) is 1.71. The quantitative estimate of drug-likeness (QED) is 0.818. The van der Waals surface area contributed by atoms with Gasteiger partial charge in [0.1, 0.15) is 5.82 Å². The smallest absolute Gasteiger partial charge is 0.322 e. The number of alkyl halides is 3. The van der Waals surface area contributed by atoms with Gasteiger partial charge in [0.05, 0.1) is 5.56 Å². The van der Waals surface area contributed by atoms with Gasteiger partial charge in [-0.05, 0) is 42.8 Å². The number of hydrogen-bond donors (Lipinski definition) is 1. The molecule has 0 aromatic heterocycles. The van der Waals surface area contributed by atoms with E-state index in [-0.39, 0.29) is 11.3 Å². The fourth-order valence-corrected chi connectivity index (χ4v) is 1.71. The number of nitrogens with one attached hydrogen (secondary N) is 1. The predicted molar refractivity (Wildman–Crippen MR) is 70.5 cm³/mol. The van der Waals surface area contributed by atoms with E-state index in [1.165, 1.54) is 18.2 Å². The Kier molecular flexibility index (Phi) is 3.97. The second kappa shape index (κ2) is 5.55. The highest BCUT2D eigenvalue weighted by atomic mass is 19.4. The third-order valence-corrected chi connectivity index (χ3v) is 2.88. The standard InChI is InChI=1S/C15H11F4NO/c1-9-5-6-12(8-13(9)16)20-14(21)10-3-2-4-11(7-10)15(17,18)19/h2-8H,1H3,(H,20,21). The summed E-state index contributed by atoms with van der Waals surface area (Å²) < 4.78 is 51.1. The van der Waals surface area contributed by atoms with Crippen LogP contribution in [-0.4, -0.2) is 5.91 Å². The molecule has 2 rings (SSSR count). The summed E-state index contributed by atoms with van der Waals surface area (Å²) in [5.41, 5.74) is -0.469. The van der Waals surface area contributed by atoms with Gasteiger partial charge < -0.3 is 5.32 Å². The number of benzene rings is 2. The van der Waals surface area contributed by atoms with Crippen LogP contribution in [0, 0.1) is 12.7 Å². The van der Waals surface area contributed by atoms with Gasteiger partial charge in [-0.1, -0.05) is 12.1 Å². The molecule has 0 aliphatic carbocycles. The van der Waals surface area contributed by atoms with Crippen LogP contribution in [0.3, 0.4) is 0 Å². The van der Waals surface area contributed by atoms with Crippen LogP contribution in [-0.2, 0) is 6.18 Å². The Labute approximate surface area is 118 Å². The van der Waals surface area contributed by atoms with Gasteiger partial charge in [-0.2, -0.15) is 13.2 Å². The summed E-state index contributed by atoms with van der Waals surface area (Å²) in [6, 6.07) is 8.09. The van der Waals surface area contributed by atoms with Crippen molar-refractivity contribution in [2.45, 2.75) is 13.1 Å². The molecule has 0 fully saturated rings. The number of amides is 1. The molecule has 6 heteroatoms. The van der Waals surface area contributed by atoms with Crippen molar-refractivity contribution in [2.75, 3.05) is 5.32 Å². The first-order valence-electron chi connectivity index (χ1n) is 6.02. The van der Waals surface area contributed by atoms with Crippen molar-refractivity contribution in [2.24, 2.45) is 0 Å². The third kappa shape index (κ3) is 3.59. The van der Waals surface area contributed by atoms with Crippen molar-refractivity contribution in [1.82, 2.24) is 0 Å². The van der Waals surface area contributed by atoms with Crippen LogP contribution in [0.15, 0.2) is 42.5 Å². The van der Waals surface area contributed by atoms with E-state index in [9.17, 15) is 22.4 Å². The van der Waals surface area contributed by atoms with Gasteiger partial charge in [-0.25, -0.2) is 4.39 Å². The highest BCUT2D eigenvalue weighted by molar-refractivity contribution is 6.04. The van der Waals surface area contributed by atoms with E-state index >= 15 is 0 Å². The highest BCUT2D eigenvalue weighted by Gasteiger charge is 2.30. The summed E-state index contributed by atoms with van der Waals surface area (Å²) in [6.45, 7) is 1.56. The van der Waals surface area contributed by atoms with Gasteiger partial charge in [0.25, 0.3) is 5.91 Å². The molecule has 0 saturated carbocycles. The van der Waals surface area contributed by atoms with Crippen molar-refractivity contribution in [3.05, 3.63) is 65.0 Å². The summed E-state index contributed by atoms with van der Waals surface area (Å²) in [5.74, 6) is -1.24. The zero-order valence-corrected chi connectivity index (χ0v) is 11.0. The maximum atomic E-state index is 13.4. The van der Waals surface area contributed by atoms with E-state index in [4.69, 9.17) is 0 Å². The Bertz CT molecular complexity index is 680. The summed E-state index contributed by atoms with van der Waals surface area (Å²) in [6.07, 6.45) is -4.52. The molecule has 1 amide bonds. The van der Waals surface area contributed by atoms with Crippen LogP contribution in [0.2, 0.25) is 0 Å². The summed E-state index contributed by atoms with van der Waals surface area (Å²) >= 11 is 0. The first kappa shape index (κ1) is 15.0. The van der Waals surface area contributed by atoms with Gasteiger partial charge in [0.2, 0.25) is 0 Å². The summed E-state index contributed by atoms with van der Waals surface area (Å²) in [5, 5.41) is 2.36. The average Bonchev–Trinajstić information content (AvgIpc) is 2.42. The Hall–Kier alpha value is -2.37. The zero-order valence-electron chi connectivity index (χ0n) is 11.0. The van der Waals surface area contributed by atoms with E-state index in [2.05, 4.69) is 5.32 Å². The number of carbonyl (C=O) groups excluding carboxylic acids is 1. The first-order chi connectivity index (χ1) is 9.77. The van der Waals surface area contributed by atoms with Gasteiger partial charge in [-0.15, -0.1) is 0 Å². The number of anilines is 1. The topological polar surface area (TPSA) is 29.1 Å². The minimum atomic E-state index is -4.52. The van der Waals surface area contributed by atoms with E-state index in [1.54, 1.807) is 6.92 Å². The largest absolute Gasteiger partial charge is 0.416 e. The number of rotatable bonds is 2. The molecule has 0 saturated heterocycles. The molecule has 0 aliphatic rings. The molecule has 21 heavy (non-hydrogen) atoms. The number of carbonyl (C=O) groups is 1. The molecule has 0 heterocycles. The van der Waals surface area contributed by atoms with Gasteiger partial charge in [-0.3, -0.25) is 4.79 Å². The van der Waals surface area contributed by atoms with Crippen LogP contribution in [0.4, 0.5) is 23.2 Å². The first-order valence-corrected chi connectivity index (χ1v) is 6.02. The molecule has 2 nitrogen and oxygen atoms in total. The van der Waals surface area contributed by atoms with E-state index < -0.39 is 23.5 Å². The Morgan fingerprint density at radius 1 is 1.10 bits per heavy atom. The second-order valence-corrected chi connectivity index (χ2v) is 4.50. The molecule has 0 spiro atoms. The SMILES string of the molecule is Cc1ccc(NC(=O)c2cccc(C(F)(F)F)c2)cc1F. The molecule has 0 atom stereocenters. The lowest BCUT2D eigenvalue weighted by Crippen LogP contribution is -2.14. The Morgan fingerprint density at radius 3 is 2.43 bits per heavy atom. The van der Waals surface area contributed by atoms with Crippen molar-refractivity contribution >= 4 is 11.6 Å². The van der Waals surface area contributed by atoms with E-state index in [0.29, 0.717) is 5.56 Å². The molecule has 0 aliphatic heterocycles.